The minimum absolute atomic E-state index is 0.182. The van der Waals surface area contributed by atoms with Crippen LogP contribution in [0.4, 0.5) is 5.82 Å². The average molecular weight is 285 g/mol. The molecule has 2 N–H and O–H groups in total. The largest absolute Gasteiger partial charge is 0.393 e. The Morgan fingerprint density at radius 2 is 2.00 bits per heavy atom. The van der Waals surface area contributed by atoms with Crippen LogP contribution in [0.25, 0.3) is 11.1 Å². The van der Waals surface area contributed by atoms with Gasteiger partial charge in [0.2, 0.25) is 0 Å². The summed E-state index contributed by atoms with van der Waals surface area (Å²) in [7, 11) is 0. The van der Waals surface area contributed by atoms with Gasteiger partial charge in [-0.05, 0) is 18.9 Å². The first-order valence-corrected chi connectivity index (χ1v) is 7.34. The van der Waals surface area contributed by atoms with E-state index in [2.05, 4.69) is 29.1 Å². The highest BCUT2D eigenvalue weighted by atomic mass is 16.3. The lowest BCUT2D eigenvalue weighted by molar-refractivity contribution is 0.0589. The number of anilines is 1. The number of aliphatic hydroxyl groups excluding tert-OH is 1. The molecule has 0 aliphatic carbocycles. The summed E-state index contributed by atoms with van der Waals surface area (Å²) in [4.78, 5) is 8.47. The molecule has 0 spiro atoms. The molecule has 0 fully saturated rings. The highest BCUT2D eigenvalue weighted by Gasteiger charge is 2.28. The monoisotopic (exact) mass is 285 g/mol. The van der Waals surface area contributed by atoms with Crippen molar-refractivity contribution in [3.8, 4) is 11.1 Å². The van der Waals surface area contributed by atoms with Crippen LogP contribution in [0.15, 0.2) is 42.9 Å². The van der Waals surface area contributed by atoms with Gasteiger partial charge in [0.1, 0.15) is 12.1 Å². The first kappa shape index (κ1) is 15.4. The highest BCUT2D eigenvalue weighted by Crippen LogP contribution is 2.29. The van der Waals surface area contributed by atoms with Crippen LogP contribution < -0.4 is 5.32 Å². The van der Waals surface area contributed by atoms with Crippen molar-refractivity contribution in [2.75, 3.05) is 11.9 Å². The summed E-state index contributed by atoms with van der Waals surface area (Å²) < 4.78 is 0. The normalized spacial score (nSPS) is 15.2. The van der Waals surface area contributed by atoms with Crippen LogP contribution in [0.3, 0.4) is 0 Å². The number of aliphatic hydroxyl groups is 1. The zero-order valence-electron chi connectivity index (χ0n) is 12.9. The Morgan fingerprint density at radius 3 is 2.62 bits per heavy atom. The third kappa shape index (κ3) is 3.58. The van der Waals surface area contributed by atoms with Crippen molar-refractivity contribution in [3.05, 3.63) is 42.9 Å². The van der Waals surface area contributed by atoms with Gasteiger partial charge in [0.15, 0.2) is 0 Å². The van der Waals surface area contributed by atoms with Gasteiger partial charge in [0.05, 0.1) is 6.10 Å². The second-order valence-electron chi connectivity index (χ2n) is 5.69. The molecule has 21 heavy (non-hydrogen) atoms. The van der Waals surface area contributed by atoms with E-state index in [1.807, 2.05) is 43.5 Å². The van der Waals surface area contributed by atoms with E-state index in [-0.39, 0.29) is 11.5 Å². The van der Waals surface area contributed by atoms with Gasteiger partial charge in [0.25, 0.3) is 0 Å². The SMILES string of the molecule is CCC(C)(CNc1ncncc1-c1ccccc1)C(C)O. The molecule has 2 rings (SSSR count). The van der Waals surface area contributed by atoms with E-state index < -0.39 is 0 Å². The van der Waals surface area contributed by atoms with Gasteiger partial charge in [0, 0.05) is 23.7 Å². The van der Waals surface area contributed by atoms with E-state index in [0.717, 1.165) is 23.4 Å². The fourth-order valence-electron chi connectivity index (χ4n) is 2.15. The molecular formula is C17H23N3O. The van der Waals surface area contributed by atoms with E-state index >= 15 is 0 Å². The molecule has 0 saturated heterocycles. The zero-order valence-corrected chi connectivity index (χ0v) is 12.9. The minimum atomic E-state index is -0.378. The van der Waals surface area contributed by atoms with Gasteiger partial charge < -0.3 is 10.4 Å². The van der Waals surface area contributed by atoms with Crippen LogP contribution in [0.2, 0.25) is 0 Å². The number of hydrogen-bond acceptors (Lipinski definition) is 4. The molecule has 1 aromatic carbocycles. The molecule has 4 heteroatoms. The van der Waals surface area contributed by atoms with Gasteiger partial charge in [-0.3, -0.25) is 0 Å². The summed E-state index contributed by atoms with van der Waals surface area (Å²) in [5.41, 5.74) is 1.87. The van der Waals surface area contributed by atoms with Crippen LogP contribution in [0, 0.1) is 5.41 Å². The maximum atomic E-state index is 9.96. The predicted octanol–water partition coefficient (Wildman–Crippen LogP) is 3.35. The van der Waals surface area contributed by atoms with Gasteiger partial charge >= 0.3 is 0 Å². The summed E-state index contributed by atoms with van der Waals surface area (Å²) in [6, 6.07) is 10.1. The van der Waals surface area contributed by atoms with Crippen molar-refractivity contribution in [1.82, 2.24) is 9.97 Å². The van der Waals surface area contributed by atoms with E-state index in [9.17, 15) is 5.11 Å². The van der Waals surface area contributed by atoms with Crippen molar-refractivity contribution in [3.63, 3.8) is 0 Å². The Kier molecular flexibility index (Phi) is 4.91. The van der Waals surface area contributed by atoms with Crippen LogP contribution in [-0.2, 0) is 0 Å². The van der Waals surface area contributed by atoms with Crippen LogP contribution in [0.1, 0.15) is 27.2 Å². The number of benzene rings is 1. The average Bonchev–Trinajstić information content (AvgIpc) is 2.53. The van der Waals surface area contributed by atoms with E-state index in [0.29, 0.717) is 6.54 Å². The molecule has 0 aliphatic rings. The summed E-state index contributed by atoms with van der Waals surface area (Å²) in [5, 5.41) is 13.3. The number of rotatable bonds is 6. The lowest BCUT2D eigenvalue weighted by atomic mass is 9.82. The van der Waals surface area contributed by atoms with Crippen molar-refractivity contribution < 1.29 is 5.11 Å². The summed E-state index contributed by atoms with van der Waals surface area (Å²) in [6.45, 7) is 6.67. The fraction of sp³-hybridized carbons (Fsp3) is 0.412. The molecule has 0 radical (unpaired) electrons. The minimum Gasteiger partial charge on any atom is -0.393 e. The molecule has 2 unspecified atom stereocenters. The van der Waals surface area contributed by atoms with E-state index in [4.69, 9.17) is 0 Å². The number of nitrogens with zero attached hydrogens (tertiary/aromatic N) is 2. The predicted molar refractivity (Wildman–Crippen MR) is 86.0 cm³/mol. The lowest BCUT2D eigenvalue weighted by Crippen LogP contribution is -2.36. The van der Waals surface area contributed by atoms with Gasteiger partial charge in [-0.1, -0.05) is 44.2 Å². The summed E-state index contributed by atoms with van der Waals surface area (Å²) in [6.07, 6.45) is 3.87. The third-order valence-electron chi connectivity index (χ3n) is 4.27. The van der Waals surface area contributed by atoms with Crippen molar-refractivity contribution in [2.24, 2.45) is 5.41 Å². The summed E-state index contributed by atoms with van der Waals surface area (Å²) in [5.74, 6) is 0.802. The molecule has 1 heterocycles. The standard InChI is InChI=1S/C17H23N3O/c1-4-17(3,13(2)21)11-19-16-15(10-18-12-20-16)14-8-6-5-7-9-14/h5-10,12-13,21H,4,11H2,1-3H3,(H,18,19,20). The molecule has 4 nitrogen and oxygen atoms in total. The molecule has 1 aromatic heterocycles. The second-order valence-corrected chi connectivity index (χ2v) is 5.69. The van der Waals surface area contributed by atoms with E-state index in [1.165, 1.54) is 0 Å². The maximum absolute atomic E-state index is 9.96. The van der Waals surface area contributed by atoms with Crippen molar-refractivity contribution in [2.45, 2.75) is 33.3 Å². The quantitative estimate of drug-likeness (QED) is 0.854. The molecule has 2 atom stereocenters. The smallest absolute Gasteiger partial charge is 0.137 e. The lowest BCUT2D eigenvalue weighted by Gasteiger charge is -2.32. The molecule has 112 valence electrons. The first-order chi connectivity index (χ1) is 10.1. The number of aromatic nitrogens is 2. The summed E-state index contributed by atoms with van der Waals surface area (Å²) >= 11 is 0. The Bertz CT molecular complexity index is 571. The Hall–Kier alpha value is -1.94. The molecule has 0 aliphatic heterocycles. The van der Waals surface area contributed by atoms with Gasteiger partial charge in [-0.2, -0.15) is 0 Å². The van der Waals surface area contributed by atoms with Crippen LogP contribution in [-0.4, -0.2) is 27.7 Å². The number of hydrogen-bond donors (Lipinski definition) is 2. The zero-order chi connectivity index (χ0) is 15.3. The Morgan fingerprint density at radius 1 is 1.29 bits per heavy atom. The molecular weight excluding hydrogens is 262 g/mol. The second kappa shape index (κ2) is 6.68. The van der Waals surface area contributed by atoms with Crippen molar-refractivity contribution >= 4 is 5.82 Å². The Labute approximate surface area is 126 Å². The fourth-order valence-corrected chi connectivity index (χ4v) is 2.15. The molecule has 0 saturated carbocycles. The third-order valence-corrected chi connectivity index (χ3v) is 4.27. The number of nitrogens with one attached hydrogen (secondary N) is 1. The molecule has 0 amide bonds. The van der Waals surface area contributed by atoms with Gasteiger partial charge in [-0.25, -0.2) is 9.97 Å². The van der Waals surface area contributed by atoms with Crippen LogP contribution in [0.5, 0.6) is 0 Å². The maximum Gasteiger partial charge on any atom is 0.137 e. The van der Waals surface area contributed by atoms with Gasteiger partial charge in [-0.15, -0.1) is 0 Å². The van der Waals surface area contributed by atoms with Crippen molar-refractivity contribution in [1.29, 1.82) is 0 Å². The van der Waals surface area contributed by atoms with E-state index in [1.54, 1.807) is 6.33 Å². The topological polar surface area (TPSA) is 58.0 Å². The Balaban J connectivity index is 2.22. The first-order valence-electron chi connectivity index (χ1n) is 7.34. The molecule has 2 aromatic rings. The molecule has 0 bridgehead atoms. The highest BCUT2D eigenvalue weighted by molar-refractivity contribution is 5.74. The van der Waals surface area contributed by atoms with Crippen LogP contribution >= 0.6 is 0 Å².